The highest BCUT2D eigenvalue weighted by molar-refractivity contribution is 7.10. The number of hydrogen-bond acceptors (Lipinski definition) is 3. The predicted molar refractivity (Wildman–Crippen MR) is 73.6 cm³/mol. The number of rotatable bonds is 4. The second-order valence-corrected chi connectivity index (χ2v) is 6.11. The Balaban J connectivity index is 1.98. The summed E-state index contributed by atoms with van der Waals surface area (Å²) in [4.78, 5) is 13.5. The van der Waals surface area contributed by atoms with Gasteiger partial charge in [0.1, 0.15) is 0 Å². The van der Waals surface area contributed by atoms with Crippen LogP contribution in [0.2, 0.25) is 0 Å². The Bertz CT molecular complexity index is 369. The highest BCUT2D eigenvalue weighted by atomic mass is 32.1. The lowest BCUT2D eigenvalue weighted by Crippen LogP contribution is -2.38. The number of hydrogen-bond donors (Lipinski definition) is 1. The van der Waals surface area contributed by atoms with E-state index in [1.54, 1.807) is 11.3 Å². The molecule has 1 amide bonds. The Morgan fingerprint density at radius 3 is 2.72 bits per heavy atom. The predicted octanol–water partition coefficient (Wildman–Crippen LogP) is 2.99. The maximum Gasteiger partial charge on any atom is 0.223 e. The van der Waals surface area contributed by atoms with Gasteiger partial charge in [-0.15, -0.1) is 11.3 Å². The lowest BCUT2D eigenvalue weighted by atomic mass is 9.97. The smallest absolute Gasteiger partial charge is 0.223 e. The monoisotopic (exact) mass is 267 g/mol. The maximum atomic E-state index is 12.2. The summed E-state index contributed by atoms with van der Waals surface area (Å²) in [6.07, 6.45) is 1.70. The molecule has 1 fully saturated rings. The highest BCUT2D eigenvalue weighted by Crippen LogP contribution is 2.27. The molecule has 0 radical (unpaired) electrons. The quantitative estimate of drug-likeness (QED) is 0.910. The van der Waals surface area contributed by atoms with Crippen LogP contribution in [0.25, 0.3) is 0 Å². The molecule has 2 rings (SSSR count). The molecule has 1 aromatic rings. The van der Waals surface area contributed by atoms with E-state index in [2.05, 4.69) is 30.6 Å². The Morgan fingerprint density at radius 1 is 1.44 bits per heavy atom. The van der Waals surface area contributed by atoms with Crippen molar-refractivity contribution in [1.82, 2.24) is 5.32 Å². The molecule has 1 aromatic heterocycles. The second-order valence-electron chi connectivity index (χ2n) is 5.13. The normalized spacial score (nSPS) is 18.8. The third-order valence-corrected chi connectivity index (χ3v) is 4.36. The maximum absolute atomic E-state index is 12.2. The fourth-order valence-electron chi connectivity index (χ4n) is 2.27. The number of carbonyl (C=O) groups excluding carboxylic acids is 1. The van der Waals surface area contributed by atoms with Crippen LogP contribution in [0.15, 0.2) is 17.5 Å². The van der Waals surface area contributed by atoms with E-state index in [4.69, 9.17) is 4.74 Å². The molecule has 100 valence electrons. The summed E-state index contributed by atoms with van der Waals surface area (Å²) in [6.45, 7) is 5.72. The van der Waals surface area contributed by atoms with Crippen LogP contribution in [-0.2, 0) is 9.53 Å². The Kier molecular flexibility index (Phi) is 4.78. The summed E-state index contributed by atoms with van der Waals surface area (Å²) in [7, 11) is 0. The molecular formula is C14H21NO2S. The molecule has 0 aromatic carbocycles. The van der Waals surface area contributed by atoms with Gasteiger partial charge < -0.3 is 10.1 Å². The molecule has 0 aliphatic carbocycles. The van der Waals surface area contributed by atoms with Gasteiger partial charge >= 0.3 is 0 Å². The zero-order chi connectivity index (χ0) is 13.0. The zero-order valence-electron chi connectivity index (χ0n) is 11.0. The fourth-order valence-corrected chi connectivity index (χ4v) is 3.21. The van der Waals surface area contributed by atoms with Gasteiger partial charge in [-0.1, -0.05) is 19.9 Å². The van der Waals surface area contributed by atoms with E-state index in [9.17, 15) is 4.79 Å². The Labute approximate surface area is 113 Å². The number of carbonyl (C=O) groups is 1. The number of amides is 1. The molecule has 1 aliphatic rings. The first-order chi connectivity index (χ1) is 8.68. The highest BCUT2D eigenvalue weighted by Gasteiger charge is 2.26. The molecular weight excluding hydrogens is 246 g/mol. The van der Waals surface area contributed by atoms with E-state index in [-0.39, 0.29) is 17.9 Å². The van der Waals surface area contributed by atoms with Gasteiger partial charge in [0.05, 0.1) is 6.04 Å². The number of ether oxygens (including phenoxy) is 1. The van der Waals surface area contributed by atoms with Crippen molar-refractivity contribution >= 4 is 17.2 Å². The number of nitrogens with one attached hydrogen (secondary N) is 1. The SMILES string of the molecule is CC(C)[C@H](NC(=O)C1CCOCC1)c1cccs1. The van der Waals surface area contributed by atoms with Crippen molar-refractivity contribution in [3.05, 3.63) is 22.4 Å². The average Bonchev–Trinajstić information content (AvgIpc) is 2.90. The molecule has 1 atom stereocenters. The lowest BCUT2D eigenvalue weighted by molar-refractivity contribution is -0.128. The summed E-state index contributed by atoms with van der Waals surface area (Å²) in [6, 6.07) is 4.27. The fraction of sp³-hybridized carbons (Fsp3) is 0.643. The van der Waals surface area contributed by atoms with Crippen LogP contribution in [0.3, 0.4) is 0 Å². The first-order valence-electron chi connectivity index (χ1n) is 6.60. The molecule has 3 nitrogen and oxygen atoms in total. The minimum atomic E-state index is 0.125. The van der Waals surface area contributed by atoms with E-state index >= 15 is 0 Å². The molecule has 0 spiro atoms. The van der Waals surface area contributed by atoms with Crippen molar-refractivity contribution in [2.24, 2.45) is 11.8 Å². The van der Waals surface area contributed by atoms with Crippen LogP contribution in [0, 0.1) is 11.8 Å². The van der Waals surface area contributed by atoms with Crippen molar-refractivity contribution < 1.29 is 9.53 Å². The lowest BCUT2D eigenvalue weighted by Gasteiger charge is -2.26. The van der Waals surface area contributed by atoms with Gasteiger partial charge in [0.25, 0.3) is 0 Å². The van der Waals surface area contributed by atoms with Crippen LogP contribution in [-0.4, -0.2) is 19.1 Å². The van der Waals surface area contributed by atoms with E-state index in [1.807, 2.05) is 6.07 Å². The molecule has 1 N–H and O–H groups in total. The summed E-state index contributed by atoms with van der Waals surface area (Å²) >= 11 is 1.71. The zero-order valence-corrected chi connectivity index (χ0v) is 11.8. The van der Waals surface area contributed by atoms with Gasteiger partial charge in [0.2, 0.25) is 5.91 Å². The van der Waals surface area contributed by atoms with Gasteiger partial charge in [-0.25, -0.2) is 0 Å². The summed E-state index contributed by atoms with van der Waals surface area (Å²) in [5, 5.41) is 5.27. The van der Waals surface area contributed by atoms with Crippen molar-refractivity contribution in [3.8, 4) is 0 Å². The van der Waals surface area contributed by atoms with Gasteiger partial charge in [0, 0.05) is 24.0 Å². The standard InChI is InChI=1S/C14H21NO2S/c1-10(2)13(12-4-3-9-18-12)15-14(16)11-5-7-17-8-6-11/h3-4,9-11,13H,5-8H2,1-2H3,(H,15,16)/t13-/m0/s1. The summed E-state index contributed by atoms with van der Waals surface area (Å²) in [5.74, 6) is 0.720. The minimum Gasteiger partial charge on any atom is -0.381 e. The molecule has 0 saturated carbocycles. The van der Waals surface area contributed by atoms with Crippen molar-refractivity contribution in [2.45, 2.75) is 32.7 Å². The van der Waals surface area contributed by atoms with Crippen LogP contribution in [0.4, 0.5) is 0 Å². The minimum absolute atomic E-state index is 0.125. The molecule has 1 saturated heterocycles. The van der Waals surface area contributed by atoms with Crippen LogP contribution in [0.1, 0.15) is 37.6 Å². The third kappa shape index (κ3) is 3.33. The van der Waals surface area contributed by atoms with Crippen LogP contribution >= 0.6 is 11.3 Å². The summed E-state index contributed by atoms with van der Waals surface area (Å²) in [5.41, 5.74) is 0. The molecule has 0 unspecified atom stereocenters. The molecule has 1 aliphatic heterocycles. The van der Waals surface area contributed by atoms with E-state index in [1.165, 1.54) is 4.88 Å². The van der Waals surface area contributed by atoms with E-state index in [0.29, 0.717) is 19.1 Å². The second kappa shape index (κ2) is 6.34. The first-order valence-corrected chi connectivity index (χ1v) is 7.48. The molecule has 0 bridgehead atoms. The van der Waals surface area contributed by atoms with Crippen molar-refractivity contribution in [2.75, 3.05) is 13.2 Å². The molecule has 2 heterocycles. The van der Waals surface area contributed by atoms with Gasteiger partial charge in [-0.3, -0.25) is 4.79 Å². The third-order valence-electron chi connectivity index (χ3n) is 3.41. The van der Waals surface area contributed by atoms with Gasteiger partial charge in [-0.2, -0.15) is 0 Å². The summed E-state index contributed by atoms with van der Waals surface area (Å²) < 4.78 is 5.30. The van der Waals surface area contributed by atoms with Crippen LogP contribution in [0.5, 0.6) is 0 Å². The average molecular weight is 267 g/mol. The molecule has 4 heteroatoms. The van der Waals surface area contributed by atoms with Gasteiger partial charge in [-0.05, 0) is 30.2 Å². The van der Waals surface area contributed by atoms with E-state index < -0.39 is 0 Å². The Hall–Kier alpha value is -0.870. The van der Waals surface area contributed by atoms with Crippen LogP contribution < -0.4 is 5.32 Å². The topological polar surface area (TPSA) is 38.3 Å². The molecule has 18 heavy (non-hydrogen) atoms. The Morgan fingerprint density at radius 2 is 2.17 bits per heavy atom. The first kappa shape index (κ1) is 13.6. The van der Waals surface area contributed by atoms with E-state index in [0.717, 1.165) is 12.8 Å². The largest absolute Gasteiger partial charge is 0.381 e. The number of thiophene rings is 1. The van der Waals surface area contributed by atoms with Crippen molar-refractivity contribution in [3.63, 3.8) is 0 Å². The van der Waals surface area contributed by atoms with Crippen molar-refractivity contribution in [1.29, 1.82) is 0 Å². The van der Waals surface area contributed by atoms with Gasteiger partial charge in [0.15, 0.2) is 0 Å².